The van der Waals surface area contributed by atoms with Crippen LogP contribution in [-0.2, 0) is 6.42 Å². The van der Waals surface area contributed by atoms with E-state index in [2.05, 4.69) is 20.6 Å². The average Bonchev–Trinajstić information content (AvgIpc) is 3.27. The summed E-state index contributed by atoms with van der Waals surface area (Å²) in [5.41, 5.74) is 0.0873. The molecule has 3 heterocycles. The number of pyridine rings is 2. The van der Waals surface area contributed by atoms with Crippen LogP contribution in [-0.4, -0.2) is 62.5 Å². The summed E-state index contributed by atoms with van der Waals surface area (Å²) in [6, 6.07) is 4.15. The lowest BCUT2D eigenvalue weighted by atomic mass is 9.91. The zero-order valence-electron chi connectivity index (χ0n) is 21.2. The summed E-state index contributed by atoms with van der Waals surface area (Å²) >= 11 is 0. The number of carbonyl (C=O) groups is 2. The van der Waals surface area contributed by atoms with E-state index >= 15 is 0 Å². The van der Waals surface area contributed by atoms with Gasteiger partial charge in [-0.15, -0.1) is 0 Å². The molecule has 13 heteroatoms. The number of nitrogens with zero attached hydrogens (tertiary/aromatic N) is 3. The number of hydrogen-bond donors (Lipinski definition) is 5. The third-order valence-corrected chi connectivity index (χ3v) is 7.24. The van der Waals surface area contributed by atoms with Crippen molar-refractivity contribution < 1.29 is 38.1 Å². The molecule has 1 aliphatic heterocycles. The fraction of sp³-hybridized carbons (Fsp3) is 0.333. The molecule has 4 unspecified atom stereocenters. The third-order valence-electron chi connectivity index (χ3n) is 7.24. The van der Waals surface area contributed by atoms with Crippen LogP contribution in [0.25, 0.3) is 11.3 Å². The highest BCUT2D eigenvalue weighted by molar-refractivity contribution is 6.05. The number of benzene rings is 1. The number of halogens is 3. The number of aliphatic hydroxyl groups excluding tert-OH is 2. The van der Waals surface area contributed by atoms with Gasteiger partial charge in [-0.05, 0) is 37.1 Å². The molecule has 3 aromatic rings. The van der Waals surface area contributed by atoms with Crippen LogP contribution in [0.5, 0.6) is 0 Å². The van der Waals surface area contributed by atoms with Gasteiger partial charge in [-0.3, -0.25) is 9.78 Å². The number of rotatable bonds is 5. The quantitative estimate of drug-likeness (QED) is 0.321. The number of hydrogen-bond acceptors (Lipinski definition) is 7. The van der Waals surface area contributed by atoms with Crippen molar-refractivity contribution in [2.45, 2.75) is 38.0 Å². The summed E-state index contributed by atoms with van der Waals surface area (Å²) in [5, 5.41) is 35.2. The molecule has 0 spiro atoms. The molecule has 2 aromatic heterocycles. The van der Waals surface area contributed by atoms with E-state index in [1.54, 1.807) is 6.92 Å². The Labute approximate surface area is 226 Å². The molecule has 10 nitrogen and oxygen atoms in total. The molecule has 2 amide bonds. The maximum Gasteiger partial charge on any atom is 0.405 e. The maximum atomic E-state index is 14.6. The van der Waals surface area contributed by atoms with Crippen molar-refractivity contribution in [3.05, 3.63) is 70.9 Å². The minimum Gasteiger partial charge on any atom is -0.465 e. The van der Waals surface area contributed by atoms with Gasteiger partial charge in [-0.2, -0.15) is 0 Å². The Kier molecular flexibility index (Phi) is 7.34. The zero-order valence-corrected chi connectivity index (χ0v) is 21.2. The second-order valence-electron chi connectivity index (χ2n) is 9.95. The van der Waals surface area contributed by atoms with Gasteiger partial charge in [0.1, 0.15) is 28.8 Å². The fourth-order valence-electron chi connectivity index (χ4n) is 5.36. The van der Waals surface area contributed by atoms with Crippen molar-refractivity contribution in [1.29, 1.82) is 0 Å². The van der Waals surface area contributed by atoms with Gasteiger partial charge in [0.2, 0.25) is 0 Å². The average molecular weight is 558 g/mol. The lowest BCUT2D eigenvalue weighted by Gasteiger charge is -2.42. The van der Waals surface area contributed by atoms with Crippen LogP contribution in [0, 0.1) is 23.4 Å². The van der Waals surface area contributed by atoms with Gasteiger partial charge >= 0.3 is 6.09 Å². The predicted octanol–water partition coefficient (Wildman–Crippen LogP) is 3.25. The summed E-state index contributed by atoms with van der Waals surface area (Å²) < 4.78 is 43.2. The minimum atomic E-state index is -1.30. The summed E-state index contributed by atoms with van der Waals surface area (Å²) in [6.45, 7) is 2.13. The van der Waals surface area contributed by atoms with E-state index in [4.69, 9.17) is 0 Å². The molecule has 5 N–H and O–H groups in total. The molecule has 1 fully saturated rings. The van der Waals surface area contributed by atoms with Crippen LogP contribution < -0.4 is 15.5 Å². The number of carboxylic acid groups (broad SMARTS) is 1. The van der Waals surface area contributed by atoms with Gasteiger partial charge in [0.25, 0.3) is 5.91 Å². The number of fused-ring (bicyclic) bond motifs is 1. The third kappa shape index (κ3) is 5.05. The normalized spacial score (nSPS) is 22.1. The highest BCUT2D eigenvalue weighted by Gasteiger charge is 2.38. The Morgan fingerprint density at radius 3 is 2.48 bits per heavy atom. The first-order chi connectivity index (χ1) is 19.0. The van der Waals surface area contributed by atoms with E-state index in [9.17, 15) is 38.1 Å². The first kappa shape index (κ1) is 27.3. The van der Waals surface area contributed by atoms with E-state index in [-0.39, 0.29) is 23.8 Å². The Bertz CT molecular complexity index is 1470. The number of nitrogens with one attached hydrogen (secondary N) is 2. The van der Waals surface area contributed by atoms with Crippen molar-refractivity contribution in [2.24, 2.45) is 5.92 Å². The monoisotopic (exact) mass is 557 g/mol. The molecule has 4 atom stereocenters. The predicted molar refractivity (Wildman–Crippen MR) is 137 cm³/mol. The Hall–Kier alpha value is -4.23. The molecule has 2 aliphatic rings. The molecule has 0 saturated carbocycles. The summed E-state index contributed by atoms with van der Waals surface area (Å²) in [7, 11) is 0. The minimum absolute atomic E-state index is 0.0682. The molecule has 5 rings (SSSR count). The molecule has 40 heavy (non-hydrogen) atoms. The van der Waals surface area contributed by atoms with Crippen molar-refractivity contribution >= 4 is 23.4 Å². The molecule has 1 saturated heterocycles. The molecular formula is C27H26F3N5O5. The van der Waals surface area contributed by atoms with Gasteiger partial charge in [0.05, 0.1) is 47.1 Å². The number of piperidine rings is 1. The molecule has 1 aromatic carbocycles. The topological polar surface area (TPSA) is 148 Å². The van der Waals surface area contributed by atoms with Gasteiger partial charge in [-0.1, -0.05) is 13.0 Å². The Balaban J connectivity index is 1.52. The van der Waals surface area contributed by atoms with Crippen LogP contribution in [0.15, 0.2) is 36.5 Å². The lowest BCUT2D eigenvalue weighted by molar-refractivity contribution is 0.0633. The highest BCUT2D eigenvalue weighted by atomic mass is 19.1. The van der Waals surface area contributed by atoms with Gasteiger partial charge in [-0.25, -0.2) is 22.9 Å². The molecule has 0 radical (unpaired) electrons. The second-order valence-corrected chi connectivity index (χ2v) is 9.95. The SMILES string of the molecule is CC1CN(c2c(NC(=O)c3ccc(F)c(-c4c(F)cccc4F)n3)cnc3c2CCC3O)CC(NC(=O)O)C1O. The number of aliphatic hydroxyl groups is 2. The van der Waals surface area contributed by atoms with Crippen molar-refractivity contribution in [3.8, 4) is 11.3 Å². The molecular weight excluding hydrogens is 531 g/mol. The van der Waals surface area contributed by atoms with Gasteiger partial charge < -0.3 is 30.9 Å². The van der Waals surface area contributed by atoms with Crippen LogP contribution in [0.2, 0.25) is 0 Å². The highest BCUT2D eigenvalue weighted by Crippen LogP contribution is 2.42. The Morgan fingerprint density at radius 1 is 1.05 bits per heavy atom. The van der Waals surface area contributed by atoms with E-state index in [0.717, 1.165) is 30.3 Å². The number of anilines is 2. The number of amides is 2. The van der Waals surface area contributed by atoms with Crippen molar-refractivity contribution in [1.82, 2.24) is 15.3 Å². The lowest BCUT2D eigenvalue weighted by Crippen LogP contribution is -2.58. The van der Waals surface area contributed by atoms with E-state index < -0.39 is 59.0 Å². The second kappa shape index (κ2) is 10.7. The smallest absolute Gasteiger partial charge is 0.405 e. The van der Waals surface area contributed by atoms with E-state index in [1.807, 2.05) is 4.90 Å². The fourth-order valence-corrected chi connectivity index (χ4v) is 5.36. The van der Waals surface area contributed by atoms with E-state index in [1.165, 1.54) is 6.20 Å². The summed E-state index contributed by atoms with van der Waals surface area (Å²) in [5.74, 6) is -4.28. The summed E-state index contributed by atoms with van der Waals surface area (Å²) in [6.07, 6.45) is -0.906. The zero-order chi connectivity index (χ0) is 28.7. The number of carbonyl (C=O) groups excluding carboxylic acids is 1. The van der Waals surface area contributed by atoms with Gasteiger partial charge in [0, 0.05) is 24.6 Å². The summed E-state index contributed by atoms with van der Waals surface area (Å²) in [4.78, 5) is 34.7. The largest absolute Gasteiger partial charge is 0.465 e. The van der Waals surface area contributed by atoms with Crippen LogP contribution in [0.4, 0.5) is 29.3 Å². The molecule has 210 valence electrons. The first-order valence-corrected chi connectivity index (χ1v) is 12.6. The first-order valence-electron chi connectivity index (χ1n) is 12.6. The standard InChI is InChI=1S/C27H26F3N5O5/c1-12-10-35(11-19(25(12)37)34-27(39)40)24-13-5-8-20(36)22(13)31-9-18(24)33-26(38)17-7-6-16(30)23(32-17)21-14(28)3-2-4-15(21)29/h2-4,6-7,9,12,19-20,25,34,36-37H,5,8,10-11H2,1H3,(H,33,38)(H,39,40). The van der Waals surface area contributed by atoms with Crippen LogP contribution in [0.1, 0.15) is 41.2 Å². The van der Waals surface area contributed by atoms with Crippen molar-refractivity contribution in [3.63, 3.8) is 0 Å². The van der Waals surface area contributed by atoms with Gasteiger partial charge in [0.15, 0.2) is 0 Å². The molecule has 1 aliphatic carbocycles. The number of aromatic nitrogens is 2. The van der Waals surface area contributed by atoms with E-state index in [0.29, 0.717) is 36.3 Å². The van der Waals surface area contributed by atoms with Crippen LogP contribution in [0.3, 0.4) is 0 Å². The molecule has 0 bridgehead atoms. The Morgan fingerprint density at radius 2 is 1.77 bits per heavy atom. The van der Waals surface area contributed by atoms with Crippen LogP contribution >= 0.6 is 0 Å². The van der Waals surface area contributed by atoms with Crippen molar-refractivity contribution in [2.75, 3.05) is 23.3 Å². The maximum absolute atomic E-state index is 14.6.